The molecule has 0 aromatic heterocycles. The molecule has 4 nitrogen and oxygen atoms in total. The highest BCUT2D eigenvalue weighted by Gasteiger charge is 2.12. The summed E-state index contributed by atoms with van der Waals surface area (Å²) >= 11 is 0. The topological polar surface area (TPSA) is 54.6 Å². The Labute approximate surface area is 59.8 Å². The highest BCUT2D eigenvalue weighted by atomic mass is 16.4. The number of piperazine rings is 1. The normalized spacial score (nSPS) is 20.8. The second kappa shape index (κ2) is 3.53. The van der Waals surface area contributed by atoms with Crippen LogP contribution in [-0.4, -0.2) is 48.7 Å². The van der Waals surface area contributed by atoms with E-state index in [1.165, 1.54) is 0 Å². The van der Waals surface area contributed by atoms with E-state index in [0.29, 0.717) is 0 Å². The van der Waals surface area contributed by atoms with Crippen LogP contribution in [0.15, 0.2) is 0 Å². The number of carboxylic acids is 1. The van der Waals surface area contributed by atoms with Gasteiger partial charge in [0.05, 0.1) is 6.54 Å². The van der Waals surface area contributed by atoms with E-state index in [1.807, 2.05) is 4.90 Å². The van der Waals surface area contributed by atoms with Crippen LogP contribution in [0.25, 0.3) is 0 Å². The van der Waals surface area contributed by atoms with Gasteiger partial charge >= 0.3 is 5.97 Å². The molecule has 1 aliphatic heterocycles. The number of carboxylic acid groups (broad SMARTS) is 1. The van der Waals surface area contributed by atoms with Gasteiger partial charge in [0.2, 0.25) is 0 Å². The van der Waals surface area contributed by atoms with Gasteiger partial charge in [-0.2, -0.15) is 0 Å². The predicted octanol–water partition coefficient (Wildman–Crippen LogP) is -1.01. The quantitative estimate of drug-likeness (QED) is 0.539. The van der Waals surface area contributed by atoms with Crippen LogP contribution in [0.4, 0.5) is 0 Å². The van der Waals surface area contributed by atoms with Crippen LogP contribution in [-0.2, 0) is 4.79 Å². The Morgan fingerprint density at radius 3 is 2.60 bits per heavy atom. The van der Waals surface area contributed by atoms with Crippen molar-refractivity contribution in [3.8, 4) is 0 Å². The largest absolute Gasteiger partial charge is 0.480 e. The molecular weight excluding hydrogens is 132 g/mol. The van der Waals surface area contributed by atoms with E-state index >= 15 is 0 Å². The fraction of sp³-hybridized carbons (Fsp3) is 0.833. The molecule has 1 fully saturated rings. The summed E-state index contributed by atoms with van der Waals surface area (Å²) < 4.78 is 0. The standard InChI is InChI=1S/C6H11N2O2/c9-6(10)5-8-3-1-7-2-4-8/h1-5H2,(H,9,10). The minimum Gasteiger partial charge on any atom is -0.480 e. The van der Waals surface area contributed by atoms with Crippen molar-refractivity contribution in [3.63, 3.8) is 0 Å². The van der Waals surface area contributed by atoms with Gasteiger partial charge in [0.25, 0.3) is 0 Å². The Morgan fingerprint density at radius 2 is 2.10 bits per heavy atom. The van der Waals surface area contributed by atoms with Gasteiger partial charge in [-0.3, -0.25) is 9.69 Å². The molecule has 1 rings (SSSR count). The third kappa shape index (κ3) is 2.33. The van der Waals surface area contributed by atoms with Crippen LogP contribution in [0.1, 0.15) is 0 Å². The maximum absolute atomic E-state index is 10.2. The number of hydrogen-bond acceptors (Lipinski definition) is 2. The van der Waals surface area contributed by atoms with Gasteiger partial charge in [0.1, 0.15) is 0 Å². The molecule has 1 saturated heterocycles. The zero-order valence-corrected chi connectivity index (χ0v) is 5.79. The Bertz CT molecular complexity index is 121. The number of nitrogens with zero attached hydrogens (tertiary/aromatic N) is 2. The van der Waals surface area contributed by atoms with Crippen molar-refractivity contribution in [2.24, 2.45) is 0 Å². The molecule has 1 aliphatic rings. The summed E-state index contributed by atoms with van der Waals surface area (Å²) in [5, 5.41) is 12.5. The maximum atomic E-state index is 10.2. The van der Waals surface area contributed by atoms with E-state index in [4.69, 9.17) is 5.11 Å². The molecule has 0 aliphatic carbocycles. The van der Waals surface area contributed by atoms with Crippen LogP contribution >= 0.6 is 0 Å². The first kappa shape index (κ1) is 7.50. The van der Waals surface area contributed by atoms with Gasteiger partial charge in [0, 0.05) is 26.2 Å². The number of rotatable bonds is 2. The Balaban J connectivity index is 2.19. The van der Waals surface area contributed by atoms with Gasteiger partial charge < -0.3 is 5.11 Å². The van der Waals surface area contributed by atoms with Crippen LogP contribution < -0.4 is 5.32 Å². The molecular formula is C6H11N2O2. The Kier molecular flexibility index (Phi) is 2.65. The molecule has 0 aromatic carbocycles. The van der Waals surface area contributed by atoms with E-state index in [9.17, 15) is 4.79 Å². The summed E-state index contributed by atoms with van der Waals surface area (Å²) in [6.07, 6.45) is 0. The predicted molar refractivity (Wildman–Crippen MR) is 35.9 cm³/mol. The van der Waals surface area contributed by atoms with Crippen molar-refractivity contribution >= 4 is 5.97 Å². The summed E-state index contributed by atoms with van der Waals surface area (Å²) in [6, 6.07) is 0. The highest BCUT2D eigenvalue weighted by molar-refractivity contribution is 5.69. The van der Waals surface area contributed by atoms with Gasteiger partial charge in [0.15, 0.2) is 0 Å². The zero-order chi connectivity index (χ0) is 7.40. The lowest BCUT2D eigenvalue weighted by Gasteiger charge is -2.23. The van der Waals surface area contributed by atoms with Gasteiger partial charge in [-0.05, 0) is 0 Å². The fourth-order valence-electron chi connectivity index (χ4n) is 0.997. The summed E-state index contributed by atoms with van der Waals surface area (Å²) in [7, 11) is 0. The van der Waals surface area contributed by atoms with Gasteiger partial charge in [-0.15, -0.1) is 0 Å². The molecule has 1 radical (unpaired) electrons. The monoisotopic (exact) mass is 143 g/mol. The van der Waals surface area contributed by atoms with E-state index < -0.39 is 5.97 Å². The molecule has 10 heavy (non-hydrogen) atoms. The van der Waals surface area contributed by atoms with Crippen molar-refractivity contribution in [2.45, 2.75) is 0 Å². The van der Waals surface area contributed by atoms with Crippen LogP contribution in [0.2, 0.25) is 0 Å². The first-order chi connectivity index (χ1) is 4.79. The molecule has 0 aromatic rings. The molecule has 0 saturated carbocycles. The molecule has 0 bridgehead atoms. The number of hydrogen-bond donors (Lipinski definition) is 1. The van der Waals surface area contributed by atoms with Gasteiger partial charge in [-0.25, -0.2) is 5.32 Å². The van der Waals surface area contributed by atoms with Crippen LogP contribution in [0.5, 0.6) is 0 Å². The van der Waals surface area contributed by atoms with Crippen molar-refractivity contribution < 1.29 is 9.90 Å². The second-order valence-corrected chi connectivity index (χ2v) is 2.34. The maximum Gasteiger partial charge on any atom is 0.317 e. The summed E-state index contributed by atoms with van der Waals surface area (Å²) in [5.74, 6) is -0.748. The van der Waals surface area contributed by atoms with E-state index in [1.54, 1.807) is 0 Å². The van der Waals surface area contributed by atoms with Gasteiger partial charge in [-0.1, -0.05) is 0 Å². The van der Waals surface area contributed by atoms with E-state index in [2.05, 4.69) is 5.32 Å². The minimum absolute atomic E-state index is 0.162. The Hall–Kier alpha value is -0.610. The zero-order valence-electron chi connectivity index (χ0n) is 5.79. The van der Waals surface area contributed by atoms with Crippen molar-refractivity contribution in [2.75, 3.05) is 32.7 Å². The lowest BCUT2D eigenvalue weighted by Crippen LogP contribution is -2.42. The van der Waals surface area contributed by atoms with E-state index in [0.717, 1.165) is 26.2 Å². The molecule has 57 valence electrons. The summed E-state index contributed by atoms with van der Waals surface area (Å²) in [5.41, 5.74) is 0. The van der Waals surface area contributed by atoms with E-state index in [-0.39, 0.29) is 6.54 Å². The average Bonchev–Trinajstić information content (AvgIpc) is 1.88. The first-order valence-corrected chi connectivity index (χ1v) is 3.36. The highest BCUT2D eigenvalue weighted by Crippen LogP contribution is 1.91. The number of aliphatic carboxylic acids is 1. The third-order valence-corrected chi connectivity index (χ3v) is 1.51. The van der Waals surface area contributed by atoms with Crippen molar-refractivity contribution in [3.05, 3.63) is 0 Å². The molecule has 1 N–H and O–H groups in total. The fourth-order valence-corrected chi connectivity index (χ4v) is 0.997. The molecule has 0 amide bonds. The molecule has 4 heteroatoms. The summed E-state index contributed by atoms with van der Waals surface area (Å²) in [4.78, 5) is 12.1. The molecule has 1 heterocycles. The Morgan fingerprint density at radius 1 is 1.50 bits per heavy atom. The van der Waals surface area contributed by atoms with Crippen molar-refractivity contribution in [1.29, 1.82) is 0 Å². The van der Waals surface area contributed by atoms with Crippen molar-refractivity contribution in [1.82, 2.24) is 10.2 Å². The lowest BCUT2D eigenvalue weighted by molar-refractivity contribution is -0.138. The minimum atomic E-state index is -0.748. The van der Waals surface area contributed by atoms with Crippen LogP contribution in [0.3, 0.4) is 0 Å². The first-order valence-electron chi connectivity index (χ1n) is 3.36. The number of carbonyl (C=O) groups is 1. The molecule has 0 spiro atoms. The smallest absolute Gasteiger partial charge is 0.317 e. The summed E-state index contributed by atoms with van der Waals surface area (Å²) in [6.45, 7) is 3.33. The van der Waals surface area contributed by atoms with Crippen LogP contribution in [0, 0.1) is 0 Å². The third-order valence-electron chi connectivity index (χ3n) is 1.51. The SMILES string of the molecule is O=C(O)CN1CC[N]CC1. The average molecular weight is 143 g/mol. The lowest BCUT2D eigenvalue weighted by atomic mass is 10.3. The molecule has 0 atom stereocenters. The molecule has 0 unspecified atom stereocenters. The second-order valence-electron chi connectivity index (χ2n) is 2.34.